The highest BCUT2D eigenvalue weighted by atomic mass is 32.1. The molecule has 1 amide bonds. The summed E-state index contributed by atoms with van der Waals surface area (Å²) in [7, 11) is 0. The molecule has 0 saturated heterocycles. The van der Waals surface area contributed by atoms with E-state index >= 15 is 0 Å². The van der Waals surface area contributed by atoms with E-state index in [-0.39, 0.29) is 22.7 Å². The van der Waals surface area contributed by atoms with Crippen molar-refractivity contribution in [3.8, 4) is 0 Å². The normalized spacial score (nSPS) is 15.2. The molecule has 0 radical (unpaired) electrons. The van der Waals surface area contributed by atoms with Crippen molar-refractivity contribution in [1.29, 1.82) is 0 Å². The number of thiophene rings is 1. The van der Waals surface area contributed by atoms with Gasteiger partial charge in [-0.05, 0) is 19.8 Å². The van der Waals surface area contributed by atoms with E-state index in [1.165, 1.54) is 0 Å². The number of nitrogens with one attached hydrogen (secondary N) is 1. The highest BCUT2D eigenvalue weighted by Crippen LogP contribution is 2.37. The van der Waals surface area contributed by atoms with Crippen molar-refractivity contribution < 1.29 is 14.3 Å². The first-order valence-electron chi connectivity index (χ1n) is 6.70. The molecule has 0 spiro atoms. The highest BCUT2D eigenvalue weighted by molar-refractivity contribution is 7.19. The number of nitrogens with two attached hydrogens (primary N) is 2. The molecule has 1 saturated carbocycles. The van der Waals surface area contributed by atoms with Crippen LogP contribution in [0.2, 0.25) is 0 Å². The molecule has 6 nitrogen and oxygen atoms in total. The first kappa shape index (κ1) is 14.6. The van der Waals surface area contributed by atoms with E-state index in [0.29, 0.717) is 11.0 Å². The third kappa shape index (κ3) is 2.87. The summed E-state index contributed by atoms with van der Waals surface area (Å²) < 4.78 is 4.94. The number of esters is 1. The lowest BCUT2D eigenvalue weighted by molar-refractivity contribution is 0.0533. The Bertz CT molecular complexity index is 521. The molecule has 2 rings (SSSR count). The molecule has 1 aromatic heterocycles. The van der Waals surface area contributed by atoms with Crippen molar-refractivity contribution in [2.24, 2.45) is 5.73 Å². The molecule has 7 heteroatoms. The van der Waals surface area contributed by atoms with Crippen LogP contribution in [0.3, 0.4) is 0 Å². The number of anilines is 2. The minimum Gasteiger partial charge on any atom is -0.462 e. The van der Waals surface area contributed by atoms with Gasteiger partial charge in [0, 0.05) is 6.04 Å². The second kappa shape index (κ2) is 6.13. The quantitative estimate of drug-likeness (QED) is 0.720. The number of hydrogen-bond donors (Lipinski definition) is 3. The van der Waals surface area contributed by atoms with Crippen LogP contribution in [-0.4, -0.2) is 24.5 Å². The first-order valence-corrected chi connectivity index (χ1v) is 7.52. The van der Waals surface area contributed by atoms with Gasteiger partial charge in [0.25, 0.3) is 5.91 Å². The van der Waals surface area contributed by atoms with Crippen LogP contribution in [0.25, 0.3) is 0 Å². The second-order valence-corrected chi connectivity index (χ2v) is 5.78. The van der Waals surface area contributed by atoms with Gasteiger partial charge < -0.3 is 21.5 Å². The molecular formula is C13H19N3O3S. The predicted octanol–water partition coefficient (Wildman–Crippen LogP) is 1.96. The summed E-state index contributed by atoms with van der Waals surface area (Å²) in [4.78, 5) is 23.6. The van der Waals surface area contributed by atoms with Gasteiger partial charge in [-0.25, -0.2) is 4.79 Å². The van der Waals surface area contributed by atoms with Gasteiger partial charge in [-0.2, -0.15) is 0 Å². The Morgan fingerprint density at radius 3 is 2.60 bits per heavy atom. The van der Waals surface area contributed by atoms with Crippen LogP contribution in [-0.2, 0) is 4.74 Å². The maximum absolute atomic E-state index is 11.8. The lowest BCUT2D eigenvalue weighted by atomic mass is 10.2. The van der Waals surface area contributed by atoms with E-state index in [1.54, 1.807) is 6.92 Å². The third-order valence-corrected chi connectivity index (χ3v) is 4.46. The number of nitrogen functional groups attached to an aromatic ring is 1. The van der Waals surface area contributed by atoms with Crippen LogP contribution in [0.4, 0.5) is 10.7 Å². The molecule has 0 aromatic carbocycles. The zero-order valence-electron chi connectivity index (χ0n) is 11.4. The van der Waals surface area contributed by atoms with Crippen molar-refractivity contribution in [3.05, 3.63) is 10.4 Å². The summed E-state index contributed by atoms with van der Waals surface area (Å²) in [6.07, 6.45) is 4.42. The van der Waals surface area contributed by atoms with Gasteiger partial charge in [-0.3, -0.25) is 4.79 Å². The number of carbonyl (C=O) groups is 2. The van der Waals surface area contributed by atoms with Crippen LogP contribution in [0.5, 0.6) is 0 Å². The maximum Gasteiger partial charge on any atom is 0.350 e. The summed E-state index contributed by atoms with van der Waals surface area (Å²) in [5, 5.41) is 3.85. The van der Waals surface area contributed by atoms with E-state index in [0.717, 1.165) is 37.0 Å². The molecule has 5 N–H and O–H groups in total. The summed E-state index contributed by atoms with van der Waals surface area (Å²) in [5.41, 5.74) is 11.6. The van der Waals surface area contributed by atoms with Gasteiger partial charge in [0.05, 0.1) is 17.9 Å². The van der Waals surface area contributed by atoms with Gasteiger partial charge in [0.2, 0.25) is 0 Å². The molecule has 1 aromatic rings. The fourth-order valence-electron chi connectivity index (χ4n) is 2.39. The summed E-state index contributed by atoms with van der Waals surface area (Å²) in [6, 6.07) is 0.307. The molecular weight excluding hydrogens is 278 g/mol. The fraction of sp³-hybridized carbons (Fsp3) is 0.538. The van der Waals surface area contributed by atoms with Gasteiger partial charge in [-0.1, -0.05) is 12.8 Å². The van der Waals surface area contributed by atoms with Crippen molar-refractivity contribution in [1.82, 2.24) is 0 Å². The number of amides is 1. The Balaban J connectivity index is 2.31. The molecule has 1 fully saturated rings. The smallest absolute Gasteiger partial charge is 0.350 e. The predicted molar refractivity (Wildman–Crippen MR) is 79.1 cm³/mol. The number of ether oxygens (including phenoxy) is 1. The Labute approximate surface area is 121 Å². The Kier molecular flexibility index (Phi) is 4.49. The number of rotatable bonds is 5. The largest absolute Gasteiger partial charge is 0.462 e. The Morgan fingerprint density at radius 1 is 1.40 bits per heavy atom. The molecule has 0 unspecified atom stereocenters. The molecule has 20 heavy (non-hydrogen) atoms. The van der Waals surface area contributed by atoms with Gasteiger partial charge in [0.15, 0.2) is 0 Å². The first-order chi connectivity index (χ1) is 9.54. The molecule has 1 aliphatic rings. The molecule has 0 atom stereocenters. The van der Waals surface area contributed by atoms with Gasteiger partial charge in [0.1, 0.15) is 9.88 Å². The Hall–Kier alpha value is -1.76. The van der Waals surface area contributed by atoms with E-state index in [2.05, 4.69) is 5.32 Å². The van der Waals surface area contributed by atoms with Crippen molar-refractivity contribution >= 4 is 33.9 Å². The monoisotopic (exact) mass is 297 g/mol. The lowest BCUT2D eigenvalue weighted by Gasteiger charge is -2.12. The molecule has 1 aliphatic carbocycles. The number of carbonyl (C=O) groups excluding carboxylic acids is 2. The van der Waals surface area contributed by atoms with E-state index in [9.17, 15) is 9.59 Å². The molecule has 0 aliphatic heterocycles. The van der Waals surface area contributed by atoms with Crippen LogP contribution < -0.4 is 16.8 Å². The fourth-order valence-corrected chi connectivity index (χ4v) is 3.49. The average Bonchev–Trinajstić information content (AvgIpc) is 2.98. The molecule has 0 bridgehead atoms. The third-order valence-electron chi connectivity index (χ3n) is 3.34. The standard InChI is InChI=1S/C13H19N3O3S/c1-2-19-13(18)10-9(14)8(11(15)17)12(20-10)16-7-5-3-4-6-7/h7,16H,2-6,14H2,1H3,(H2,15,17). The summed E-state index contributed by atoms with van der Waals surface area (Å²) in [6.45, 7) is 1.97. The van der Waals surface area contributed by atoms with Crippen molar-refractivity contribution in [2.45, 2.75) is 38.6 Å². The van der Waals surface area contributed by atoms with Gasteiger partial charge >= 0.3 is 5.97 Å². The van der Waals surface area contributed by atoms with Crippen LogP contribution in [0.15, 0.2) is 0 Å². The zero-order chi connectivity index (χ0) is 14.7. The summed E-state index contributed by atoms with van der Waals surface area (Å²) >= 11 is 1.14. The van der Waals surface area contributed by atoms with Crippen LogP contribution in [0, 0.1) is 0 Å². The second-order valence-electron chi connectivity index (χ2n) is 4.76. The zero-order valence-corrected chi connectivity index (χ0v) is 12.2. The maximum atomic E-state index is 11.8. The van der Waals surface area contributed by atoms with Crippen LogP contribution in [0.1, 0.15) is 52.6 Å². The molecule has 110 valence electrons. The van der Waals surface area contributed by atoms with E-state index < -0.39 is 11.9 Å². The Morgan fingerprint density at radius 2 is 2.05 bits per heavy atom. The number of hydrogen-bond acceptors (Lipinski definition) is 6. The van der Waals surface area contributed by atoms with Crippen molar-refractivity contribution in [2.75, 3.05) is 17.7 Å². The molecule has 1 heterocycles. The average molecular weight is 297 g/mol. The lowest BCUT2D eigenvalue weighted by Crippen LogP contribution is -2.19. The highest BCUT2D eigenvalue weighted by Gasteiger charge is 2.27. The summed E-state index contributed by atoms with van der Waals surface area (Å²) in [5.74, 6) is -1.15. The number of primary amides is 1. The topological polar surface area (TPSA) is 107 Å². The van der Waals surface area contributed by atoms with Crippen molar-refractivity contribution in [3.63, 3.8) is 0 Å². The van der Waals surface area contributed by atoms with E-state index in [4.69, 9.17) is 16.2 Å². The van der Waals surface area contributed by atoms with E-state index in [1.807, 2.05) is 0 Å². The minimum atomic E-state index is -0.630. The van der Waals surface area contributed by atoms with Crippen LogP contribution >= 0.6 is 11.3 Å². The SMILES string of the molecule is CCOC(=O)c1sc(NC2CCCC2)c(C(N)=O)c1N. The minimum absolute atomic E-state index is 0.112. The van der Waals surface area contributed by atoms with Gasteiger partial charge in [-0.15, -0.1) is 11.3 Å².